The van der Waals surface area contributed by atoms with Crippen LogP contribution in [0.2, 0.25) is 0 Å². The number of hydrogen-bond donors (Lipinski definition) is 1. The molecule has 2 fully saturated rings. The van der Waals surface area contributed by atoms with Crippen molar-refractivity contribution >= 4 is 11.3 Å². The van der Waals surface area contributed by atoms with Gasteiger partial charge >= 0.3 is 0 Å². The minimum atomic E-state index is 0.729. The predicted octanol–water partition coefficient (Wildman–Crippen LogP) is 2.71. The molecule has 2 aliphatic rings. The van der Waals surface area contributed by atoms with Crippen LogP contribution in [-0.2, 0) is 6.54 Å². The largest absolute Gasteiger partial charge is 0.311 e. The third-order valence-corrected chi connectivity index (χ3v) is 5.03. The molecule has 1 aliphatic carbocycles. The zero-order valence-corrected chi connectivity index (χ0v) is 11.4. The lowest BCUT2D eigenvalue weighted by atomic mass is 10.0. The van der Waals surface area contributed by atoms with E-state index >= 15 is 0 Å². The molecule has 2 atom stereocenters. The van der Waals surface area contributed by atoms with Crippen molar-refractivity contribution in [2.45, 2.75) is 44.8 Å². The van der Waals surface area contributed by atoms with Crippen molar-refractivity contribution in [3.63, 3.8) is 0 Å². The summed E-state index contributed by atoms with van der Waals surface area (Å²) in [6.45, 7) is 5.90. The monoisotopic (exact) mass is 250 g/mol. The average molecular weight is 250 g/mol. The first-order valence-corrected chi connectivity index (χ1v) is 7.74. The first-order valence-electron chi connectivity index (χ1n) is 6.86. The van der Waals surface area contributed by atoms with Gasteiger partial charge in [-0.1, -0.05) is 13.0 Å². The molecule has 1 saturated heterocycles. The highest BCUT2D eigenvalue weighted by Crippen LogP contribution is 2.34. The van der Waals surface area contributed by atoms with Gasteiger partial charge in [-0.05, 0) is 36.6 Å². The predicted molar refractivity (Wildman–Crippen MR) is 73.3 cm³/mol. The van der Waals surface area contributed by atoms with Crippen molar-refractivity contribution in [3.05, 3.63) is 22.4 Å². The second-order valence-electron chi connectivity index (χ2n) is 5.42. The first kappa shape index (κ1) is 11.7. The number of piperazine rings is 1. The number of nitrogens with zero attached hydrogens (tertiary/aromatic N) is 1. The molecule has 0 spiro atoms. The van der Waals surface area contributed by atoms with Crippen molar-refractivity contribution in [2.75, 3.05) is 13.1 Å². The van der Waals surface area contributed by atoms with Gasteiger partial charge in [0.05, 0.1) is 0 Å². The number of nitrogens with one attached hydrogen (secondary N) is 1. The van der Waals surface area contributed by atoms with Crippen LogP contribution in [0.5, 0.6) is 0 Å². The molecule has 94 valence electrons. The Morgan fingerprint density at radius 3 is 3.00 bits per heavy atom. The second-order valence-corrected chi connectivity index (χ2v) is 6.46. The number of rotatable bonds is 4. The van der Waals surface area contributed by atoms with Gasteiger partial charge < -0.3 is 5.32 Å². The normalized spacial score (nSPS) is 30.6. The first-order chi connectivity index (χ1) is 8.36. The Hall–Kier alpha value is -0.380. The fraction of sp³-hybridized carbons (Fsp3) is 0.714. The highest BCUT2D eigenvalue weighted by Gasteiger charge is 2.36. The van der Waals surface area contributed by atoms with E-state index in [-0.39, 0.29) is 0 Å². The van der Waals surface area contributed by atoms with E-state index in [0.29, 0.717) is 0 Å². The molecule has 2 unspecified atom stereocenters. The van der Waals surface area contributed by atoms with Crippen molar-refractivity contribution < 1.29 is 0 Å². The smallest absolute Gasteiger partial charge is 0.0332 e. The summed E-state index contributed by atoms with van der Waals surface area (Å²) in [6.07, 6.45) is 4.15. The van der Waals surface area contributed by atoms with E-state index in [9.17, 15) is 0 Å². The van der Waals surface area contributed by atoms with Crippen molar-refractivity contribution in [2.24, 2.45) is 5.92 Å². The molecule has 1 saturated carbocycles. The molecule has 1 aliphatic heterocycles. The van der Waals surface area contributed by atoms with Crippen LogP contribution in [0.3, 0.4) is 0 Å². The molecule has 2 nitrogen and oxygen atoms in total. The fourth-order valence-corrected chi connectivity index (χ4v) is 3.63. The van der Waals surface area contributed by atoms with Gasteiger partial charge in [0.25, 0.3) is 0 Å². The minimum Gasteiger partial charge on any atom is -0.311 e. The van der Waals surface area contributed by atoms with Crippen LogP contribution in [0.25, 0.3) is 0 Å². The summed E-state index contributed by atoms with van der Waals surface area (Å²) < 4.78 is 0. The fourth-order valence-electron chi connectivity index (χ4n) is 2.90. The molecule has 0 amide bonds. The molecule has 3 rings (SSSR count). The molecular formula is C14H22N2S. The van der Waals surface area contributed by atoms with Gasteiger partial charge in [-0.3, -0.25) is 4.90 Å². The third kappa shape index (κ3) is 2.72. The Balaban J connectivity index is 1.64. The lowest BCUT2D eigenvalue weighted by molar-refractivity contribution is 0.113. The van der Waals surface area contributed by atoms with Crippen molar-refractivity contribution in [1.82, 2.24) is 10.2 Å². The Labute approximate surface area is 108 Å². The Morgan fingerprint density at radius 2 is 2.35 bits per heavy atom. The summed E-state index contributed by atoms with van der Waals surface area (Å²) in [5.41, 5.74) is 0. The summed E-state index contributed by atoms with van der Waals surface area (Å²) in [7, 11) is 0. The van der Waals surface area contributed by atoms with E-state index in [4.69, 9.17) is 0 Å². The van der Waals surface area contributed by atoms with Gasteiger partial charge in [-0.2, -0.15) is 0 Å². The maximum atomic E-state index is 3.75. The second kappa shape index (κ2) is 5.09. The number of hydrogen-bond acceptors (Lipinski definition) is 3. The van der Waals surface area contributed by atoms with Gasteiger partial charge in [-0.25, -0.2) is 0 Å². The summed E-state index contributed by atoms with van der Waals surface area (Å²) in [4.78, 5) is 4.21. The van der Waals surface area contributed by atoms with Crippen LogP contribution < -0.4 is 5.32 Å². The van der Waals surface area contributed by atoms with E-state index in [1.807, 2.05) is 11.3 Å². The standard InChI is InChI=1S/C14H22N2S/c1-2-12-8-15-14(11-5-6-11)10-16(12)9-13-4-3-7-17-13/h3-4,7,11-12,14-15H,2,5-6,8-10H2,1H3. The SMILES string of the molecule is CCC1CNC(C2CC2)CN1Cc1cccs1. The third-order valence-electron chi connectivity index (χ3n) is 4.16. The zero-order chi connectivity index (χ0) is 11.7. The van der Waals surface area contributed by atoms with Crippen molar-refractivity contribution in [1.29, 1.82) is 0 Å². The molecule has 2 heterocycles. The summed E-state index contributed by atoms with van der Waals surface area (Å²) in [5.74, 6) is 0.971. The van der Waals surface area contributed by atoms with E-state index < -0.39 is 0 Å². The average Bonchev–Trinajstić information content (AvgIpc) is 3.09. The van der Waals surface area contributed by atoms with Crippen LogP contribution in [-0.4, -0.2) is 30.1 Å². The highest BCUT2D eigenvalue weighted by atomic mass is 32.1. The molecule has 1 aromatic heterocycles. The molecule has 0 bridgehead atoms. The van der Waals surface area contributed by atoms with Crippen molar-refractivity contribution in [3.8, 4) is 0 Å². The molecule has 17 heavy (non-hydrogen) atoms. The summed E-state index contributed by atoms with van der Waals surface area (Å²) in [6, 6.07) is 5.93. The van der Waals surface area contributed by atoms with E-state index in [2.05, 4.69) is 34.7 Å². The van der Waals surface area contributed by atoms with Crippen LogP contribution in [0.4, 0.5) is 0 Å². The Kier molecular flexibility index (Phi) is 3.50. The van der Waals surface area contributed by atoms with E-state index in [0.717, 1.165) is 24.5 Å². The van der Waals surface area contributed by atoms with Gasteiger partial charge in [0.2, 0.25) is 0 Å². The topological polar surface area (TPSA) is 15.3 Å². The summed E-state index contributed by atoms with van der Waals surface area (Å²) in [5, 5.41) is 5.94. The molecular weight excluding hydrogens is 228 g/mol. The van der Waals surface area contributed by atoms with Gasteiger partial charge in [0, 0.05) is 36.6 Å². The van der Waals surface area contributed by atoms with E-state index in [1.54, 1.807) is 0 Å². The summed E-state index contributed by atoms with van der Waals surface area (Å²) >= 11 is 1.89. The van der Waals surface area contributed by atoms with E-state index in [1.165, 1.54) is 37.2 Å². The molecule has 1 aromatic rings. The minimum absolute atomic E-state index is 0.729. The van der Waals surface area contributed by atoms with Crippen LogP contribution >= 0.6 is 11.3 Å². The lowest BCUT2D eigenvalue weighted by Crippen LogP contribution is -2.56. The van der Waals surface area contributed by atoms with Crippen LogP contribution in [0.1, 0.15) is 31.1 Å². The molecule has 3 heteroatoms. The number of thiophene rings is 1. The van der Waals surface area contributed by atoms with Gasteiger partial charge in [0.1, 0.15) is 0 Å². The molecule has 1 N–H and O–H groups in total. The molecule has 0 aromatic carbocycles. The lowest BCUT2D eigenvalue weighted by Gasteiger charge is -2.40. The van der Waals surface area contributed by atoms with Crippen LogP contribution in [0.15, 0.2) is 17.5 Å². The Morgan fingerprint density at radius 1 is 1.47 bits per heavy atom. The maximum absolute atomic E-state index is 3.75. The maximum Gasteiger partial charge on any atom is 0.0332 e. The Bertz CT molecular complexity index is 345. The quantitative estimate of drug-likeness (QED) is 0.884. The van der Waals surface area contributed by atoms with Gasteiger partial charge in [0.15, 0.2) is 0 Å². The molecule has 0 radical (unpaired) electrons. The van der Waals surface area contributed by atoms with Crippen LogP contribution in [0, 0.1) is 5.92 Å². The zero-order valence-electron chi connectivity index (χ0n) is 10.6. The highest BCUT2D eigenvalue weighted by molar-refractivity contribution is 7.09. The van der Waals surface area contributed by atoms with Gasteiger partial charge in [-0.15, -0.1) is 11.3 Å².